The largest absolute Gasteiger partial charge is 0.379 e. The van der Waals surface area contributed by atoms with Crippen molar-refractivity contribution in [3.8, 4) is 0 Å². The number of aromatic nitrogens is 1. The summed E-state index contributed by atoms with van der Waals surface area (Å²) in [7, 11) is 0. The van der Waals surface area contributed by atoms with Crippen molar-refractivity contribution < 1.29 is 4.79 Å². The zero-order valence-electron chi connectivity index (χ0n) is 12.2. The van der Waals surface area contributed by atoms with E-state index in [2.05, 4.69) is 40.5 Å². The van der Waals surface area contributed by atoms with Crippen molar-refractivity contribution in [2.45, 2.75) is 20.0 Å². The van der Waals surface area contributed by atoms with Gasteiger partial charge in [-0.05, 0) is 43.3 Å². The number of carbonyl (C=O) groups is 1. The van der Waals surface area contributed by atoms with Crippen LogP contribution >= 0.6 is 0 Å². The average molecular weight is 284 g/mol. The number of hydrogen-bond acceptors (Lipinski definition) is 2. The van der Waals surface area contributed by atoms with Crippen LogP contribution in [-0.2, 0) is 13.1 Å². The van der Waals surface area contributed by atoms with Crippen molar-refractivity contribution in [1.82, 2.24) is 9.88 Å². The summed E-state index contributed by atoms with van der Waals surface area (Å²) in [5.74, 6) is 0. The van der Waals surface area contributed by atoms with Gasteiger partial charge in [-0.15, -0.1) is 0 Å². The summed E-state index contributed by atoms with van der Waals surface area (Å²) in [4.78, 5) is 13.4. The first-order chi connectivity index (χ1) is 10.3. The maximum atomic E-state index is 11.6. The predicted octanol–water partition coefficient (Wildman–Crippen LogP) is 2.65. The summed E-state index contributed by atoms with van der Waals surface area (Å²) >= 11 is 0. The minimum absolute atomic E-state index is 0.0171. The van der Waals surface area contributed by atoms with Crippen molar-refractivity contribution in [2.24, 2.45) is 0 Å². The smallest absolute Gasteiger partial charge is 0.321 e. The summed E-state index contributed by atoms with van der Waals surface area (Å²) in [6.45, 7) is 5.36. The second-order valence-electron chi connectivity index (χ2n) is 5.07. The number of amides is 2. The molecule has 110 valence electrons. The van der Waals surface area contributed by atoms with Crippen LogP contribution in [0, 0.1) is 0 Å². The van der Waals surface area contributed by atoms with E-state index in [1.807, 2.05) is 24.3 Å². The van der Waals surface area contributed by atoms with Crippen LogP contribution in [0.25, 0.3) is 0 Å². The minimum atomic E-state index is -0.0171. The lowest BCUT2D eigenvalue weighted by molar-refractivity contribution is 0.252. The molecule has 21 heavy (non-hydrogen) atoms. The molecule has 0 radical (unpaired) electrons. The Bertz CT molecular complexity index is 617. The van der Waals surface area contributed by atoms with Crippen LogP contribution in [0.1, 0.15) is 12.6 Å². The maximum absolute atomic E-state index is 11.6. The maximum Gasteiger partial charge on any atom is 0.321 e. The summed E-state index contributed by atoms with van der Waals surface area (Å²) in [5.41, 5.74) is 3.26. The predicted molar refractivity (Wildman–Crippen MR) is 84.6 cm³/mol. The second-order valence-corrected chi connectivity index (χ2v) is 5.07. The SMILES string of the molecule is CCn1cccc1CNc1ccc(N2CCNC2=O)cc1. The molecular formula is C16H20N4O. The molecule has 1 aliphatic rings. The molecule has 1 aromatic heterocycles. The van der Waals surface area contributed by atoms with E-state index in [-0.39, 0.29) is 6.03 Å². The van der Waals surface area contributed by atoms with Crippen molar-refractivity contribution in [2.75, 3.05) is 23.3 Å². The monoisotopic (exact) mass is 284 g/mol. The fourth-order valence-electron chi connectivity index (χ4n) is 2.59. The Balaban J connectivity index is 1.63. The molecule has 2 N–H and O–H groups in total. The Morgan fingerprint density at radius 3 is 2.71 bits per heavy atom. The third-order valence-electron chi connectivity index (χ3n) is 3.77. The van der Waals surface area contributed by atoms with Crippen LogP contribution < -0.4 is 15.5 Å². The van der Waals surface area contributed by atoms with E-state index in [0.29, 0.717) is 6.54 Å². The van der Waals surface area contributed by atoms with E-state index < -0.39 is 0 Å². The highest BCUT2D eigenvalue weighted by Gasteiger charge is 2.20. The molecule has 5 heteroatoms. The molecule has 0 saturated carbocycles. The van der Waals surface area contributed by atoms with Crippen LogP contribution in [0.15, 0.2) is 42.6 Å². The normalized spacial score (nSPS) is 14.3. The fourth-order valence-corrected chi connectivity index (χ4v) is 2.59. The molecule has 0 atom stereocenters. The van der Waals surface area contributed by atoms with Gasteiger partial charge in [0, 0.05) is 42.9 Å². The van der Waals surface area contributed by atoms with Crippen molar-refractivity contribution in [1.29, 1.82) is 0 Å². The highest BCUT2D eigenvalue weighted by molar-refractivity contribution is 5.94. The number of rotatable bonds is 5. The van der Waals surface area contributed by atoms with Gasteiger partial charge in [-0.2, -0.15) is 0 Å². The topological polar surface area (TPSA) is 49.3 Å². The Labute approximate surface area is 124 Å². The zero-order chi connectivity index (χ0) is 14.7. The molecule has 5 nitrogen and oxygen atoms in total. The molecule has 0 spiro atoms. The van der Waals surface area contributed by atoms with Crippen LogP contribution in [0.3, 0.4) is 0 Å². The first-order valence-corrected chi connectivity index (χ1v) is 7.31. The molecule has 0 bridgehead atoms. The number of anilines is 2. The number of nitrogens with one attached hydrogen (secondary N) is 2. The third-order valence-corrected chi connectivity index (χ3v) is 3.77. The molecule has 1 saturated heterocycles. The Kier molecular flexibility index (Phi) is 3.81. The van der Waals surface area contributed by atoms with E-state index in [0.717, 1.165) is 31.0 Å². The standard InChI is InChI=1S/C16H20N4O/c1-2-19-10-3-4-15(19)12-18-13-5-7-14(8-6-13)20-11-9-17-16(20)21/h3-8,10,18H,2,9,11-12H2,1H3,(H,17,21). The number of urea groups is 1. The molecule has 1 fully saturated rings. The number of benzene rings is 1. The van der Waals surface area contributed by atoms with Gasteiger partial charge in [0.25, 0.3) is 0 Å². The lowest BCUT2D eigenvalue weighted by atomic mass is 10.2. The van der Waals surface area contributed by atoms with Crippen LogP contribution in [0.4, 0.5) is 16.2 Å². The van der Waals surface area contributed by atoms with Gasteiger partial charge in [0.1, 0.15) is 0 Å². The van der Waals surface area contributed by atoms with Crippen molar-refractivity contribution in [3.63, 3.8) is 0 Å². The third kappa shape index (κ3) is 2.86. The van der Waals surface area contributed by atoms with Gasteiger partial charge in [-0.3, -0.25) is 4.90 Å². The van der Waals surface area contributed by atoms with E-state index >= 15 is 0 Å². The molecule has 2 aromatic rings. The van der Waals surface area contributed by atoms with Gasteiger partial charge in [-0.1, -0.05) is 0 Å². The molecular weight excluding hydrogens is 264 g/mol. The van der Waals surface area contributed by atoms with Gasteiger partial charge in [0.2, 0.25) is 0 Å². The minimum Gasteiger partial charge on any atom is -0.379 e. The summed E-state index contributed by atoms with van der Waals surface area (Å²) in [6, 6.07) is 12.2. The van der Waals surface area contributed by atoms with Gasteiger partial charge >= 0.3 is 6.03 Å². The Hall–Kier alpha value is -2.43. The van der Waals surface area contributed by atoms with E-state index in [1.165, 1.54) is 5.69 Å². The number of nitrogens with zero attached hydrogens (tertiary/aromatic N) is 2. The summed E-state index contributed by atoms with van der Waals surface area (Å²) in [6.07, 6.45) is 2.09. The molecule has 2 amide bonds. The molecule has 1 aliphatic heterocycles. The van der Waals surface area contributed by atoms with Crippen LogP contribution in [0.5, 0.6) is 0 Å². The average Bonchev–Trinajstić information content (AvgIpc) is 3.14. The van der Waals surface area contributed by atoms with Crippen LogP contribution in [0.2, 0.25) is 0 Å². The number of aryl methyl sites for hydroxylation is 1. The number of hydrogen-bond donors (Lipinski definition) is 2. The first-order valence-electron chi connectivity index (χ1n) is 7.31. The van der Waals surface area contributed by atoms with Gasteiger partial charge in [0.15, 0.2) is 0 Å². The lowest BCUT2D eigenvalue weighted by Crippen LogP contribution is -2.27. The highest BCUT2D eigenvalue weighted by Crippen LogP contribution is 2.20. The molecule has 2 heterocycles. The fraction of sp³-hybridized carbons (Fsp3) is 0.312. The summed E-state index contributed by atoms with van der Waals surface area (Å²) in [5, 5.41) is 6.22. The number of carbonyl (C=O) groups excluding carboxylic acids is 1. The van der Waals surface area contributed by atoms with Gasteiger partial charge in [0.05, 0.1) is 6.54 Å². The van der Waals surface area contributed by atoms with Gasteiger partial charge in [-0.25, -0.2) is 4.79 Å². The molecule has 0 unspecified atom stereocenters. The van der Waals surface area contributed by atoms with Gasteiger partial charge < -0.3 is 15.2 Å². The Morgan fingerprint density at radius 1 is 1.24 bits per heavy atom. The molecule has 3 rings (SSSR count). The summed E-state index contributed by atoms with van der Waals surface area (Å²) < 4.78 is 2.22. The van der Waals surface area contributed by atoms with E-state index in [4.69, 9.17) is 0 Å². The van der Waals surface area contributed by atoms with E-state index in [1.54, 1.807) is 4.90 Å². The highest BCUT2D eigenvalue weighted by atomic mass is 16.2. The van der Waals surface area contributed by atoms with Crippen molar-refractivity contribution in [3.05, 3.63) is 48.3 Å². The second kappa shape index (κ2) is 5.91. The first kappa shape index (κ1) is 13.5. The quantitative estimate of drug-likeness (QED) is 0.887. The Morgan fingerprint density at radius 2 is 2.05 bits per heavy atom. The zero-order valence-corrected chi connectivity index (χ0v) is 12.2. The van der Waals surface area contributed by atoms with Crippen LogP contribution in [-0.4, -0.2) is 23.7 Å². The van der Waals surface area contributed by atoms with Crippen molar-refractivity contribution >= 4 is 17.4 Å². The van der Waals surface area contributed by atoms with E-state index in [9.17, 15) is 4.79 Å². The molecule has 1 aromatic carbocycles. The molecule has 0 aliphatic carbocycles. The lowest BCUT2D eigenvalue weighted by Gasteiger charge is -2.15.